The predicted molar refractivity (Wildman–Crippen MR) is 77.0 cm³/mol. The Kier molecular flexibility index (Phi) is 3.57. The first-order valence-corrected chi connectivity index (χ1v) is 5.93. The second-order valence-corrected chi connectivity index (χ2v) is 4.49. The van der Waals surface area contributed by atoms with Crippen molar-refractivity contribution < 1.29 is 4.92 Å². The molecule has 0 aliphatic rings. The molecular weight excluding hydrogens is 266 g/mol. The van der Waals surface area contributed by atoms with Gasteiger partial charge in [0, 0.05) is 12.1 Å². The van der Waals surface area contributed by atoms with E-state index in [1.165, 1.54) is 12.1 Å². The summed E-state index contributed by atoms with van der Waals surface area (Å²) in [5.41, 5.74) is 8.34. The fourth-order valence-corrected chi connectivity index (χ4v) is 1.97. The van der Waals surface area contributed by atoms with Crippen LogP contribution < -0.4 is 11.1 Å². The molecule has 0 radical (unpaired) electrons. The summed E-state index contributed by atoms with van der Waals surface area (Å²) in [4.78, 5) is 10.2. The van der Waals surface area contributed by atoms with E-state index in [0.29, 0.717) is 16.4 Å². The van der Waals surface area contributed by atoms with Crippen molar-refractivity contribution in [1.82, 2.24) is 0 Å². The molecule has 0 aromatic heterocycles. The number of anilines is 3. The highest BCUT2D eigenvalue weighted by atomic mass is 35.5. The molecule has 3 N–H and O–H groups in total. The SMILES string of the molecule is Cc1cccc(Cl)c1Nc1ccc([N+](=O)[O-])cc1N. The van der Waals surface area contributed by atoms with Crippen LogP contribution in [0.5, 0.6) is 0 Å². The zero-order valence-electron chi connectivity index (χ0n) is 10.2. The van der Waals surface area contributed by atoms with Gasteiger partial charge in [-0.3, -0.25) is 10.1 Å². The Bertz CT molecular complexity index is 624. The summed E-state index contributed by atoms with van der Waals surface area (Å²) in [7, 11) is 0. The van der Waals surface area contributed by atoms with E-state index in [1.54, 1.807) is 12.1 Å². The normalized spacial score (nSPS) is 10.2. The number of non-ortho nitro benzene ring substituents is 1. The van der Waals surface area contributed by atoms with Crippen molar-refractivity contribution in [3.63, 3.8) is 0 Å². The molecule has 2 rings (SSSR count). The molecule has 98 valence electrons. The smallest absolute Gasteiger partial charge is 0.271 e. The molecule has 0 heterocycles. The molecule has 6 heteroatoms. The summed E-state index contributed by atoms with van der Waals surface area (Å²) in [5.74, 6) is 0. The Hall–Kier alpha value is -2.27. The van der Waals surface area contributed by atoms with Gasteiger partial charge in [-0.05, 0) is 24.6 Å². The summed E-state index contributed by atoms with van der Waals surface area (Å²) in [6, 6.07) is 9.80. The Morgan fingerprint density at radius 3 is 2.63 bits per heavy atom. The molecule has 0 amide bonds. The van der Waals surface area contributed by atoms with Crippen LogP contribution in [0.1, 0.15) is 5.56 Å². The first-order valence-electron chi connectivity index (χ1n) is 5.55. The fourth-order valence-electron chi connectivity index (χ4n) is 1.70. The van der Waals surface area contributed by atoms with Crippen LogP contribution in [0.15, 0.2) is 36.4 Å². The number of para-hydroxylation sites is 1. The number of benzene rings is 2. The van der Waals surface area contributed by atoms with E-state index in [4.69, 9.17) is 17.3 Å². The minimum atomic E-state index is -0.485. The molecule has 2 aromatic rings. The molecule has 5 nitrogen and oxygen atoms in total. The molecule has 0 saturated carbocycles. The van der Waals surface area contributed by atoms with Crippen molar-refractivity contribution in [2.24, 2.45) is 0 Å². The molecule has 2 aromatic carbocycles. The maximum absolute atomic E-state index is 10.6. The Balaban J connectivity index is 2.36. The van der Waals surface area contributed by atoms with Gasteiger partial charge in [0.2, 0.25) is 0 Å². The lowest BCUT2D eigenvalue weighted by Crippen LogP contribution is -1.99. The summed E-state index contributed by atoms with van der Waals surface area (Å²) < 4.78 is 0. The van der Waals surface area contributed by atoms with Crippen LogP contribution in [-0.2, 0) is 0 Å². The number of nitrogens with one attached hydrogen (secondary N) is 1. The molecule has 0 saturated heterocycles. The third-order valence-electron chi connectivity index (χ3n) is 2.73. The average Bonchev–Trinajstić information content (AvgIpc) is 2.35. The number of hydrogen-bond acceptors (Lipinski definition) is 4. The van der Waals surface area contributed by atoms with Gasteiger partial charge in [-0.2, -0.15) is 0 Å². The summed E-state index contributed by atoms with van der Waals surface area (Å²) in [6.07, 6.45) is 0. The largest absolute Gasteiger partial charge is 0.397 e. The van der Waals surface area contributed by atoms with Gasteiger partial charge in [-0.1, -0.05) is 23.7 Å². The molecule has 0 fully saturated rings. The molecule has 0 spiro atoms. The Morgan fingerprint density at radius 1 is 1.32 bits per heavy atom. The third-order valence-corrected chi connectivity index (χ3v) is 3.04. The van der Waals surface area contributed by atoms with E-state index >= 15 is 0 Å². The summed E-state index contributed by atoms with van der Waals surface area (Å²) in [6.45, 7) is 1.91. The van der Waals surface area contributed by atoms with Crippen molar-refractivity contribution in [1.29, 1.82) is 0 Å². The zero-order valence-corrected chi connectivity index (χ0v) is 10.9. The van der Waals surface area contributed by atoms with E-state index < -0.39 is 4.92 Å². The quantitative estimate of drug-likeness (QED) is 0.507. The topological polar surface area (TPSA) is 81.2 Å². The minimum Gasteiger partial charge on any atom is -0.397 e. The molecule has 0 bridgehead atoms. The molecule has 0 aliphatic heterocycles. The molecule has 19 heavy (non-hydrogen) atoms. The van der Waals surface area contributed by atoms with Crippen molar-refractivity contribution in [2.75, 3.05) is 11.1 Å². The second-order valence-electron chi connectivity index (χ2n) is 4.09. The van der Waals surface area contributed by atoms with Crippen LogP contribution in [0.2, 0.25) is 5.02 Å². The first kappa shape index (κ1) is 13.2. The lowest BCUT2D eigenvalue weighted by atomic mass is 10.1. The minimum absolute atomic E-state index is 0.0427. The van der Waals surface area contributed by atoms with Crippen LogP contribution in [0.3, 0.4) is 0 Å². The number of nitrogen functional groups attached to an aromatic ring is 1. The highest BCUT2D eigenvalue weighted by molar-refractivity contribution is 6.33. The fraction of sp³-hybridized carbons (Fsp3) is 0.0769. The summed E-state index contributed by atoms with van der Waals surface area (Å²) in [5, 5.41) is 14.3. The Morgan fingerprint density at radius 2 is 2.05 bits per heavy atom. The van der Waals surface area contributed by atoms with Crippen LogP contribution in [-0.4, -0.2) is 4.92 Å². The maximum atomic E-state index is 10.6. The number of halogens is 1. The number of aryl methyl sites for hydroxylation is 1. The van der Waals surface area contributed by atoms with Gasteiger partial charge in [-0.25, -0.2) is 0 Å². The Labute approximate surface area is 115 Å². The van der Waals surface area contributed by atoms with E-state index in [0.717, 1.165) is 11.3 Å². The van der Waals surface area contributed by atoms with Crippen molar-refractivity contribution in [3.05, 3.63) is 57.1 Å². The number of hydrogen-bond donors (Lipinski definition) is 2. The highest BCUT2D eigenvalue weighted by Gasteiger charge is 2.10. The molecular formula is C13H12ClN3O2. The van der Waals surface area contributed by atoms with E-state index in [9.17, 15) is 10.1 Å². The molecule has 0 unspecified atom stereocenters. The van der Waals surface area contributed by atoms with E-state index in [-0.39, 0.29) is 5.69 Å². The van der Waals surface area contributed by atoms with E-state index in [1.807, 2.05) is 19.1 Å². The standard InChI is InChI=1S/C13H12ClN3O2/c1-8-3-2-4-10(14)13(8)16-12-6-5-9(17(18)19)7-11(12)15/h2-7,16H,15H2,1H3. The zero-order chi connectivity index (χ0) is 14.0. The van der Waals surface area contributed by atoms with Crippen molar-refractivity contribution in [3.8, 4) is 0 Å². The van der Waals surface area contributed by atoms with Crippen LogP contribution in [0.25, 0.3) is 0 Å². The number of nitro benzene ring substituents is 1. The number of rotatable bonds is 3. The number of nitro groups is 1. The van der Waals surface area contributed by atoms with E-state index in [2.05, 4.69) is 5.32 Å². The van der Waals surface area contributed by atoms with Gasteiger partial charge in [0.1, 0.15) is 0 Å². The maximum Gasteiger partial charge on any atom is 0.271 e. The van der Waals surface area contributed by atoms with Gasteiger partial charge in [0.25, 0.3) is 5.69 Å². The van der Waals surface area contributed by atoms with Gasteiger partial charge in [0.15, 0.2) is 0 Å². The third kappa shape index (κ3) is 2.77. The number of nitrogens with two attached hydrogens (primary N) is 1. The second kappa shape index (κ2) is 5.16. The highest BCUT2D eigenvalue weighted by Crippen LogP contribution is 2.32. The predicted octanol–water partition coefficient (Wildman–Crippen LogP) is 3.88. The molecule has 0 atom stereocenters. The number of nitrogens with zero attached hydrogens (tertiary/aromatic N) is 1. The van der Waals surface area contributed by atoms with Crippen LogP contribution in [0, 0.1) is 17.0 Å². The average molecular weight is 278 g/mol. The first-order chi connectivity index (χ1) is 8.99. The lowest BCUT2D eigenvalue weighted by molar-refractivity contribution is -0.384. The van der Waals surface area contributed by atoms with Crippen molar-refractivity contribution in [2.45, 2.75) is 6.92 Å². The van der Waals surface area contributed by atoms with Gasteiger partial charge in [0.05, 0.1) is 27.0 Å². The van der Waals surface area contributed by atoms with Crippen LogP contribution >= 0.6 is 11.6 Å². The lowest BCUT2D eigenvalue weighted by Gasteiger charge is -2.13. The van der Waals surface area contributed by atoms with Crippen LogP contribution in [0.4, 0.5) is 22.7 Å². The summed E-state index contributed by atoms with van der Waals surface area (Å²) >= 11 is 6.10. The molecule has 0 aliphatic carbocycles. The van der Waals surface area contributed by atoms with Gasteiger partial charge < -0.3 is 11.1 Å². The van der Waals surface area contributed by atoms with Gasteiger partial charge >= 0.3 is 0 Å². The van der Waals surface area contributed by atoms with Gasteiger partial charge in [-0.15, -0.1) is 0 Å². The monoisotopic (exact) mass is 277 g/mol. The van der Waals surface area contributed by atoms with Crippen molar-refractivity contribution >= 4 is 34.4 Å².